The van der Waals surface area contributed by atoms with Crippen LogP contribution in [-0.4, -0.2) is 50.6 Å². The van der Waals surface area contributed by atoms with Gasteiger partial charge in [0.2, 0.25) is 0 Å². The molecule has 0 bridgehead atoms. The zero-order valence-electron chi connectivity index (χ0n) is 12.0. The molecule has 0 aliphatic carbocycles. The summed E-state index contributed by atoms with van der Waals surface area (Å²) in [6.07, 6.45) is 3.48. The lowest BCUT2D eigenvalue weighted by Crippen LogP contribution is -2.25. The quantitative estimate of drug-likeness (QED) is 0.716. The smallest absolute Gasteiger partial charge is 0.0346 e. The van der Waals surface area contributed by atoms with Gasteiger partial charge in [-0.05, 0) is 71.7 Å². The first-order valence-electron chi connectivity index (χ1n) is 6.76. The average Bonchev–Trinajstić information content (AvgIpc) is 2.31. The van der Waals surface area contributed by atoms with Crippen molar-refractivity contribution in [1.82, 2.24) is 9.80 Å². The second kappa shape index (κ2) is 8.11. The van der Waals surface area contributed by atoms with Crippen LogP contribution in [0.5, 0.6) is 0 Å². The third-order valence-corrected chi connectivity index (χ3v) is 3.19. The van der Waals surface area contributed by atoms with Crippen LogP contribution in [0.4, 0.5) is 5.69 Å². The summed E-state index contributed by atoms with van der Waals surface area (Å²) < 4.78 is 0. The predicted molar refractivity (Wildman–Crippen MR) is 79.8 cm³/mol. The normalized spacial score (nSPS) is 11.4. The molecule has 18 heavy (non-hydrogen) atoms. The van der Waals surface area contributed by atoms with Crippen molar-refractivity contribution in [2.45, 2.75) is 19.3 Å². The molecule has 0 amide bonds. The Bertz CT molecular complexity index is 336. The van der Waals surface area contributed by atoms with Crippen molar-refractivity contribution in [1.29, 1.82) is 0 Å². The molecule has 2 N–H and O–H groups in total. The number of para-hydroxylation sites is 1. The molecule has 0 aliphatic rings. The SMILES string of the molecule is CN(C)CCCN(C)CCCc1ccccc1N. The maximum absolute atomic E-state index is 5.93. The Kier molecular flexibility index (Phi) is 6.76. The molecule has 0 unspecified atom stereocenters. The molecule has 0 fully saturated rings. The molecule has 1 rings (SSSR count). The van der Waals surface area contributed by atoms with Gasteiger partial charge in [0.25, 0.3) is 0 Å². The van der Waals surface area contributed by atoms with Crippen molar-refractivity contribution in [3.8, 4) is 0 Å². The van der Waals surface area contributed by atoms with Gasteiger partial charge in [-0.15, -0.1) is 0 Å². The van der Waals surface area contributed by atoms with Gasteiger partial charge in [0, 0.05) is 5.69 Å². The summed E-state index contributed by atoms with van der Waals surface area (Å²) in [4.78, 5) is 4.64. The second-order valence-electron chi connectivity index (χ2n) is 5.26. The molecule has 1 aromatic rings. The van der Waals surface area contributed by atoms with E-state index in [0.717, 1.165) is 25.2 Å². The van der Waals surface area contributed by atoms with E-state index in [2.05, 4.69) is 43.1 Å². The molecule has 0 atom stereocenters. The second-order valence-corrected chi connectivity index (χ2v) is 5.26. The van der Waals surface area contributed by atoms with Gasteiger partial charge in [-0.1, -0.05) is 18.2 Å². The zero-order chi connectivity index (χ0) is 13.4. The molecule has 102 valence electrons. The van der Waals surface area contributed by atoms with E-state index in [9.17, 15) is 0 Å². The highest BCUT2D eigenvalue weighted by atomic mass is 15.1. The summed E-state index contributed by atoms with van der Waals surface area (Å²) in [5.74, 6) is 0. The summed E-state index contributed by atoms with van der Waals surface area (Å²) in [7, 11) is 6.44. The van der Waals surface area contributed by atoms with Gasteiger partial charge in [0.1, 0.15) is 0 Å². The molecule has 0 saturated carbocycles. The summed E-state index contributed by atoms with van der Waals surface area (Å²) >= 11 is 0. The maximum atomic E-state index is 5.93. The highest BCUT2D eigenvalue weighted by molar-refractivity contribution is 5.46. The summed E-state index contributed by atoms with van der Waals surface area (Å²) in [5, 5.41) is 0. The van der Waals surface area contributed by atoms with Crippen LogP contribution in [0.2, 0.25) is 0 Å². The van der Waals surface area contributed by atoms with Gasteiger partial charge in [-0.25, -0.2) is 0 Å². The number of benzene rings is 1. The van der Waals surface area contributed by atoms with E-state index in [4.69, 9.17) is 5.73 Å². The molecular formula is C15H27N3. The van der Waals surface area contributed by atoms with E-state index in [1.165, 1.54) is 24.9 Å². The summed E-state index contributed by atoms with van der Waals surface area (Å²) in [6.45, 7) is 3.47. The average molecular weight is 249 g/mol. The minimum absolute atomic E-state index is 0.924. The predicted octanol–water partition coefficient (Wildman–Crippen LogP) is 2.08. The van der Waals surface area contributed by atoms with Crippen molar-refractivity contribution in [3.63, 3.8) is 0 Å². The van der Waals surface area contributed by atoms with E-state index in [0.29, 0.717) is 0 Å². The lowest BCUT2D eigenvalue weighted by molar-refractivity contribution is 0.297. The van der Waals surface area contributed by atoms with Crippen LogP contribution in [0, 0.1) is 0 Å². The van der Waals surface area contributed by atoms with Gasteiger partial charge in [0.15, 0.2) is 0 Å². The minimum atomic E-state index is 0.924. The Morgan fingerprint density at radius 3 is 2.28 bits per heavy atom. The first-order valence-corrected chi connectivity index (χ1v) is 6.76. The molecule has 0 aliphatic heterocycles. The molecular weight excluding hydrogens is 222 g/mol. The maximum Gasteiger partial charge on any atom is 0.0346 e. The molecule has 0 heterocycles. The fourth-order valence-electron chi connectivity index (χ4n) is 2.07. The van der Waals surface area contributed by atoms with Crippen molar-refractivity contribution in [3.05, 3.63) is 29.8 Å². The van der Waals surface area contributed by atoms with Crippen molar-refractivity contribution in [2.24, 2.45) is 0 Å². The number of hydrogen-bond acceptors (Lipinski definition) is 3. The van der Waals surface area contributed by atoms with E-state index in [1.807, 2.05) is 12.1 Å². The number of nitrogens with zero attached hydrogens (tertiary/aromatic N) is 2. The monoisotopic (exact) mass is 249 g/mol. The Hall–Kier alpha value is -1.06. The Labute approximate surface area is 112 Å². The van der Waals surface area contributed by atoms with Crippen LogP contribution in [0.1, 0.15) is 18.4 Å². The van der Waals surface area contributed by atoms with Crippen LogP contribution in [0.25, 0.3) is 0 Å². The van der Waals surface area contributed by atoms with Crippen molar-refractivity contribution in [2.75, 3.05) is 46.5 Å². The molecule has 1 aromatic carbocycles. The number of aryl methyl sites for hydroxylation is 1. The van der Waals surface area contributed by atoms with Gasteiger partial charge >= 0.3 is 0 Å². The Balaban J connectivity index is 2.15. The van der Waals surface area contributed by atoms with E-state index in [1.54, 1.807) is 0 Å². The zero-order valence-corrected chi connectivity index (χ0v) is 12.0. The van der Waals surface area contributed by atoms with Crippen molar-refractivity contribution >= 4 is 5.69 Å². The number of rotatable bonds is 8. The number of nitrogens with two attached hydrogens (primary N) is 1. The first kappa shape index (κ1) is 15.0. The molecule has 0 radical (unpaired) electrons. The van der Waals surface area contributed by atoms with Gasteiger partial charge in [-0.2, -0.15) is 0 Å². The first-order chi connectivity index (χ1) is 8.59. The van der Waals surface area contributed by atoms with Crippen LogP contribution in [-0.2, 0) is 6.42 Å². The number of nitrogen functional groups attached to an aromatic ring is 1. The molecule has 3 nitrogen and oxygen atoms in total. The molecule has 0 spiro atoms. The number of hydrogen-bond donors (Lipinski definition) is 1. The highest BCUT2D eigenvalue weighted by Gasteiger charge is 2.01. The number of anilines is 1. The fourth-order valence-corrected chi connectivity index (χ4v) is 2.07. The van der Waals surface area contributed by atoms with E-state index >= 15 is 0 Å². The lowest BCUT2D eigenvalue weighted by atomic mass is 10.1. The highest BCUT2D eigenvalue weighted by Crippen LogP contribution is 2.12. The van der Waals surface area contributed by atoms with Crippen molar-refractivity contribution < 1.29 is 0 Å². The summed E-state index contributed by atoms with van der Waals surface area (Å²) in [6, 6.07) is 8.16. The van der Waals surface area contributed by atoms with Gasteiger partial charge in [-0.3, -0.25) is 0 Å². The Morgan fingerprint density at radius 1 is 0.944 bits per heavy atom. The molecule has 3 heteroatoms. The van der Waals surface area contributed by atoms with Crippen LogP contribution in [0.3, 0.4) is 0 Å². The fraction of sp³-hybridized carbons (Fsp3) is 0.600. The largest absolute Gasteiger partial charge is 0.399 e. The van der Waals surface area contributed by atoms with Crippen LogP contribution in [0.15, 0.2) is 24.3 Å². The van der Waals surface area contributed by atoms with E-state index in [-0.39, 0.29) is 0 Å². The van der Waals surface area contributed by atoms with E-state index < -0.39 is 0 Å². The standard InChI is InChI=1S/C15H27N3/c1-17(2)11-7-13-18(3)12-6-9-14-8-4-5-10-15(14)16/h4-5,8,10H,6-7,9,11-13,16H2,1-3H3. The third-order valence-electron chi connectivity index (χ3n) is 3.19. The van der Waals surface area contributed by atoms with Crippen LogP contribution >= 0.6 is 0 Å². The van der Waals surface area contributed by atoms with Crippen LogP contribution < -0.4 is 5.73 Å². The summed E-state index contributed by atoms with van der Waals surface area (Å²) in [5.41, 5.74) is 8.13. The molecule has 0 aromatic heterocycles. The third kappa shape index (κ3) is 6.03. The van der Waals surface area contributed by atoms with Gasteiger partial charge < -0.3 is 15.5 Å². The minimum Gasteiger partial charge on any atom is -0.399 e. The Morgan fingerprint density at radius 2 is 1.61 bits per heavy atom. The topological polar surface area (TPSA) is 32.5 Å². The lowest BCUT2D eigenvalue weighted by Gasteiger charge is -2.18. The van der Waals surface area contributed by atoms with Gasteiger partial charge in [0.05, 0.1) is 0 Å². The molecule has 0 saturated heterocycles.